The lowest BCUT2D eigenvalue weighted by Gasteiger charge is -2.09. The van der Waals surface area contributed by atoms with E-state index in [0.29, 0.717) is 11.3 Å². The summed E-state index contributed by atoms with van der Waals surface area (Å²) in [6.45, 7) is 1.92. The van der Waals surface area contributed by atoms with Crippen LogP contribution < -0.4 is 11.1 Å². The number of anilines is 1. The van der Waals surface area contributed by atoms with Crippen LogP contribution in [0.3, 0.4) is 0 Å². The summed E-state index contributed by atoms with van der Waals surface area (Å²) in [5.74, 6) is -0.277. The molecule has 0 bridgehead atoms. The summed E-state index contributed by atoms with van der Waals surface area (Å²) in [5, 5.41) is 2.82. The van der Waals surface area contributed by atoms with Crippen molar-refractivity contribution in [2.24, 2.45) is 5.73 Å². The van der Waals surface area contributed by atoms with Crippen LogP contribution >= 0.6 is 28.1 Å². The van der Waals surface area contributed by atoms with Crippen LogP contribution in [-0.2, 0) is 0 Å². The first-order valence-corrected chi connectivity index (χ1v) is 7.01. The Bertz CT molecular complexity index is 671. The van der Waals surface area contributed by atoms with Crippen molar-refractivity contribution in [3.8, 4) is 0 Å². The monoisotopic (exact) mass is 349 g/mol. The molecule has 0 aliphatic heterocycles. The van der Waals surface area contributed by atoms with Gasteiger partial charge in [-0.05, 0) is 36.8 Å². The normalized spacial score (nSPS) is 10.1. The van der Waals surface area contributed by atoms with Gasteiger partial charge in [0.05, 0.1) is 0 Å². The second-order valence-electron chi connectivity index (χ2n) is 4.16. The van der Waals surface area contributed by atoms with E-state index in [-0.39, 0.29) is 10.9 Å². The van der Waals surface area contributed by atoms with Crippen molar-refractivity contribution in [1.29, 1.82) is 0 Å². The first kappa shape index (κ1) is 14.6. The Morgan fingerprint density at radius 2 is 2.10 bits per heavy atom. The number of hydrogen-bond donors (Lipinski definition) is 2. The smallest absolute Gasteiger partial charge is 0.274 e. The van der Waals surface area contributed by atoms with Gasteiger partial charge in [-0.3, -0.25) is 9.78 Å². The Labute approximate surface area is 130 Å². The number of rotatable bonds is 3. The maximum atomic E-state index is 12.1. The van der Waals surface area contributed by atoms with E-state index in [4.69, 9.17) is 18.0 Å². The number of nitrogens with zero attached hydrogens (tertiary/aromatic N) is 1. The molecule has 0 unspecified atom stereocenters. The molecule has 2 aromatic rings. The molecule has 0 atom stereocenters. The molecule has 0 saturated heterocycles. The van der Waals surface area contributed by atoms with Crippen molar-refractivity contribution in [1.82, 2.24) is 4.98 Å². The summed E-state index contributed by atoms with van der Waals surface area (Å²) in [6, 6.07) is 8.88. The largest absolute Gasteiger partial charge is 0.389 e. The van der Waals surface area contributed by atoms with Gasteiger partial charge in [0.15, 0.2) is 0 Å². The molecule has 4 nitrogen and oxygen atoms in total. The van der Waals surface area contributed by atoms with Gasteiger partial charge >= 0.3 is 0 Å². The number of carbonyl (C=O) groups is 1. The molecule has 102 valence electrons. The molecule has 1 aromatic heterocycles. The minimum Gasteiger partial charge on any atom is -0.389 e. The lowest BCUT2D eigenvalue weighted by Crippen LogP contribution is -2.16. The van der Waals surface area contributed by atoms with Crippen LogP contribution in [0, 0.1) is 6.92 Å². The molecular weight excluding hydrogens is 338 g/mol. The third-order valence-corrected chi connectivity index (χ3v) is 3.89. The van der Waals surface area contributed by atoms with Crippen LogP contribution in [0.1, 0.15) is 21.6 Å². The first-order chi connectivity index (χ1) is 9.49. The van der Waals surface area contributed by atoms with Gasteiger partial charge in [-0.15, -0.1) is 0 Å². The van der Waals surface area contributed by atoms with E-state index in [0.717, 1.165) is 15.7 Å². The van der Waals surface area contributed by atoms with Crippen molar-refractivity contribution in [3.63, 3.8) is 0 Å². The number of nitrogens with two attached hydrogens (primary N) is 1. The first-order valence-electron chi connectivity index (χ1n) is 5.81. The Morgan fingerprint density at radius 3 is 2.70 bits per heavy atom. The zero-order valence-corrected chi connectivity index (χ0v) is 13.1. The predicted molar refractivity (Wildman–Crippen MR) is 87.0 cm³/mol. The van der Waals surface area contributed by atoms with Crippen molar-refractivity contribution in [2.75, 3.05) is 5.32 Å². The molecule has 1 heterocycles. The molecule has 0 fully saturated rings. The van der Waals surface area contributed by atoms with E-state index < -0.39 is 0 Å². The summed E-state index contributed by atoms with van der Waals surface area (Å²) < 4.78 is 0.937. The van der Waals surface area contributed by atoms with Gasteiger partial charge in [-0.2, -0.15) is 0 Å². The van der Waals surface area contributed by atoms with Crippen LogP contribution in [0.15, 0.2) is 41.0 Å². The second-order valence-corrected chi connectivity index (χ2v) is 5.46. The summed E-state index contributed by atoms with van der Waals surface area (Å²) >= 11 is 8.26. The minimum atomic E-state index is -0.277. The molecule has 3 N–H and O–H groups in total. The third kappa shape index (κ3) is 3.20. The van der Waals surface area contributed by atoms with Crippen LogP contribution in [-0.4, -0.2) is 15.9 Å². The van der Waals surface area contributed by atoms with Gasteiger partial charge in [0.2, 0.25) is 0 Å². The standard InChI is InChI=1S/C14H12BrN3OS/c1-8-10(15)3-2-4-11(8)18-14(19)12-6-5-9(7-17-12)13(16)20/h2-7H,1H3,(H2,16,20)(H,18,19). The van der Waals surface area contributed by atoms with Gasteiger partial charge in [-0.1, -0.05) is 34.2 Å². The molecule has 0 radical (unpaired) electrons. The van der Waals surface area contributed by atoms with Crippen molar-refractivity contribution >= 4 is 44.7 Å². The van der Waals surface area contributed by atoms with Gasteiger partial charge in [0.25, 0.3) is 5.91 Å². The topological polar surface area (TPSA) is 68.0 Å². The van der Waals surface area contributed by atoms with Crippen LogP contribution in [0.4, 0.5) is 5.69 Å². The molecule has 20 heavy (non-hydrogen) atoms. The Hall–Kier alpha value is -1.79. The fourth-order valence-electron chi connectivity index (χ4n) is 1.60. The summed E-state index contributed by atoms with van der Waals surface area (Å²) in [7, 11) is 0. The van der Waals surface area contributed by atoms with Gasteiger partial charge in [-0.25, -0.2) is 0 Å². The Balaban J connectivity index is 2.20. The lowest BCUT2D eigenvalue weighted by molar-refractivity contribution is 0.102. The molecule has 6 heteroatoms. The van der Waals surface area contributed by atoms with Crippen LogP contribution in [0.2, 0.25) is 0 Å². The molecule has 1 aromatic carbocycles. The van der Waals surface area contributed by atoms with Crippen molar-refractivity contribution in [2.45, 2.75) is 6.92 Å². The number of halogens is 1. The van der Waals surface area contributed by atoms with E-state index in [1.807, 2.05) is 25.1 Å². The van der Waals surface area contributed by atoms with Crippen molar-refractivity contribution in [3.05, 3.63) is 57.8 Å². The molecule has 2 rings (SSSR count). The minimum absolute atomic E-state index is 0.257. The molecule has 0 spiro atoms. The van der Waals surface area contributed by atoms with E-state index in [9.17, 15) is 4.79 Å². The quantitative estimate of drug-likeness (QED) is 0.835. The highest BCUT2D eigenvalue weighted by Gasteiger charge is 2.10. The lowest BCUT2D eigenvalue weighted by atomic mass is 10.2. The SMILES string of the molecule is Cc1c(Br)cccc1NC(=O)c1ccc(C(N)=S)cn1. The summed E-state index contributed by atoms with van der Waals surface area (Å²) in [6.07, 6.45) is 1.49. The van der Waals surface area contributed by atoms with E-state index in [1.54, 1.807) is 12.1 Å². The highest BCUT2D eigenvalue weighted by atomic mass is 79.9. The Morgan fingerprint density at radius 1 is 1.35 bits per heavy atom. The van der Waals surface area contributed by atoms with Gasteiger partial charge < -0.3 is 11.1 Å². The average Bonchev–Trinajstić information content (AvgIpc) is 2.44. The molecular formula is C14H12BrN3OS. The zero-order valence-electron chi connectivity index (χ0n) is 10.7. The average molecular weight is 350 g/mol. The third-order valence-electron chi connectivity index (χ3n) is 2.80. The summed E-state index contributed by atoms with van der Waals surface area (Å²) in [4.78, 5) is 16.4. The number of amides is 1. The maximum Gasteiger partial charge on any atom is 0.274 e. The van der Waals surface area contributed by atoms with E-state index in [2.05, 4.69) is 26.2 Å². The molecule has 0 saturated carbocycles. The highest BCUT2D eigenvalue weighted by molar-refractivity contribution is 9.10. The number of aromatic nitrogens is 1. The summed E-state index contributed by atoms with van der Waals surface area (Å²) in [5.41, 5.74) is 8.13. The second kappa shape index (κ2) is 6.11. The molecule has 0 aliphatic carbocycles. The van der Waals surface area contributed by atoms with E-state index >= 15 is 0 Å². The number of carbonyl (C=O) groups excluding carboxylic acids is 1. The maximum absolute atomic E-state index is 12.1. The molecule has 0 aliphatic rings. The highest BCUT2D eigenvalue weighted by Crippen LogP contribution is 2.23. The van der Waals surface area contributed by atoms with Gasteiger partial charge in [0.1, 0.15) is 10.7 Å². The number of pyridine rings is 1. The number of benzene rings is 1. The fourth-order valence-corrected chi connectivity index (χ4v) is 2.09. The predicted octanol–water partition coefficient (Wildman–Crippen LogP) is 3.04. The molecule has 1 amide bonds. The van der Waals surface area contributed by atoms with E-state index in [1.165, 1.54) is 6.20 Å². The van der Waals surface area contributed by atoms with Crippen LogP contribution in [0.5, 0.6) is 0 Å². The Kier molecular flexibility index (Phi) is 4.46. The number of hydrogen-bond acceptors (Lipinski definition) is 3. The van der Waals surface area contributed by atoms with Crippen LogP contribution in [0.25, 0.3) is 0 Å². The van der Waals surface area contributed by atoms with Gasteiger partial charge in [0, 0.05) is 21.9 Å². The fraction of sp³-hybridized carbons (Fsp3) is 0.0714. The number of thiocarbonyl (C=S) groups is 1. The zero-order chi connectivity index (χ0) is 14.7. The van der Waals surface area contributed by atoms with Crippen molar-refractivity contribution < 1.29 is 4.79 Å². The number of nitrogens with one attached hydrogen (secondary N) is 1.